The van der Waals surface area contributed by atoms with Crippen LogP contribution >= 0.6 is 0 Å². The molecule has 0 bridgehead atoms. The third-order valence-electron chi connectivity index (χ3n) is 18.0. The van der Waals surface area contributed by atoms with Crippen molar-refractivity contribution in [2.24, 2.45) is 0 Å². The molecule has 0 amide bonds. The molecule has 0 spiro atoms. The van der Waals surface area contributed by atoms with Gasteiger partial charge in [-0.3, -0.25) is 0 Å². The summed E-state index contributed by atoms with van der Waals surface area (Å²) in [4.78, 5) is 9.81. The van der Waals surface area contributed by atoms with Gasteiger partial charge in [-0.05, 0) is 150 Å². The Morgan fingerprint density at radius 1 is 0.286 bits per heavy atom. The number of aryl methyl sites for hydroxylation is 3. The average molecular weight is 1070 g/mol. The highest BCUT2D eigenvalue weighted by atomic mass is 16.5. The molecule has 0 saturated heterocycles. The van der Waals surface area contributed by atoms with Crippen LogP contribution in [-0.2, 0) is 0 Å². The third kappa shape index (κ3) is 7.21. The first kappa shape index (κ1) is 48.4. The van der Waals surface area contributed by atoms with Gasteiger partial charge in [-0.15, -0.1) is 0 Å². The van der Waals surface area contributed by atoms with E-state index in [-0.39, 0.29) is 20.1 Å². The molecular weight excluding hydrogens is 1020 g/mol. The van der Waals surface area contributed by atoms with Gasteiger partial charge in [0, 0.05) is 80.2 Å². The first-order chi connectivity index (χ1) is 41.4. The van der Waals surface area contributed by atoms with Crippen LogP contribution in [0.3, 0.4) is 0 Å². The lowest BCUT2D eigenvalue weighted by molar-refractivity contribution is 0.467. The normalized spacial score (nSPS) is 13.5. The number of rotatable bonds is 7. The van der Waals surface area contributed by atoms with Crippen LogP contribution in [0.2, 0.25) is 0 Å². The number of fused-ring (bicyclic) bond motifs is 11. The Balaban J connectivity index is 0.956. The molecule has 0 aromatic heterocycles. The molecule has 0 unspecified atom stereocenters. The summed E-state index contributed by atoms with van der Waals surface area (Å²) < 4.78 is 15.3. The molecule has 5 heterocycles. The van der Waals surface area contributed by atoms with Crippen LogP contribution in [0.25, 0.3) is 0 Å². The number of hydrogen-bond donors (Lipinski definition) is 0. The average Bonchev–Trinajstić information content (AvgIpc) is 0.755. The van der Waals surface area contributed by atoms with Crippen LogP contribution < -0.4 is 78.2 Å². The van der Waals surface area contributed by atoms with E-state index in [1.54, 1.807) is 0 Å². The zero-order valence-electron chi connectivity index (χ0n) is 46.7. The van der Waals surface area contributed by atoms with Crippen LogP contribution in [0.1, 0.15) is 16.7 Å². The van der Waals surface area contributed by atoms with Gasteiger partial charge in [-0.25, -0.2) is 0 Å². The lowest BCUT2D eigenvalue weighted by atomic mass is 9.29. The van der Waals surface area contributed by atoms with Crippen molar-refractivity contribution in [1.29, 1.82) is 0 Å². The van der Waals surface area contributed by atoms with E-state index in [1.807, 2.05) is 0 Å². The summed E-state index contributed by atoms with van der Waals surface area (Å²) in [6.45, 7) is 6.24. The molecule has 5 aliphatic rings. The lowest BCUT2D eigenvalue weighted by Gasteiger charge is -2.46. The van der Waals surface area contributed by atoms with Gasteiger partial charge in [0.25, 0.3) is 20.1 Å². The second-order valence-corrected chi connectivity index (χ2v) is 22.9. The van der Waals surface area contributed by atoms with Crippen LogP contribution in [0.5, 0.6) is 23.0 Å². The maximum atomic E-state index is 7.70. The summed E-state index contributed by atoms with van der Waals surface area (Å²) in [5.74, 6) is 3.34. The molecule has 394 valence electrons. The van der Waals surface area contributed by atoms with Crippen molar-refractivity contribution in [3.8, 4) is 23.0 Å². The Morgan fingerprint density at radius 3 is 1.29 bits per heavy atom. The summed E-state index contributed by atoms with van der Waals surface area (Å²) >= 11 is 0. The SMILES string of the molecule is Cc1cc(C)c(B2c3ccccc3N(c3ccccc3)c3cc4c5c(c32)Oc2ccccc2B5c2cc3c(cc2O4)N(c2ccccc2)c2cc(N(c4ccccc4)c4ccccc4)cc4c2B3c2ccccc2N4c2ccccc2)c(C)c1. The Morgan fingerprint density at radius 2 is 0.726 bits per heavy atom. The summed E-state index contributed by atoms with van der Waals surface area (Å²) in [5, 5.41) is 0. The number of hydrogen-bond acceptors (Lipinski definition) is 6. The minimum Gasteiger partial charge on any atom is -0.459 e. The second kappa shape index (κ2) is 18.8. The Hall–Kier alpha value is -10.4. The maximum Gasteiger partial charge on any atom is 0.260 e. The molecule has 17 rings (SSSR count). The lowest BCUT2D eigenvalue weighted by Crippen LogP contribution is -2.65. The second-order valence-electron chi connectivity index (χ2n) is 22.9. The van der Waals surface area contributed by atoms with E-state index in [0.717, 1.165) is 113 Å². The molecule has 0 radical (unpaired) electrons. The minimum absolute atomic E-state index is 0.141. The fraction of sp³-hybridized carbons (Fsp3) is 0.0400. The number of anilines is 12. The number of nitrogens with zero attached hydrogens (tertiary/aromatic N) is 4. The van der Waals surface area contributed by atoms with E-state index < -0.39 is 0 Å². The van der Waals surface area contributed by atoms with Crippen molar-refractivity contribution in [3.63, 3.8) is 0 Å². The van der Waals surface area contributed by atoms with E-state index in [4.69, 9.17) is 9.47 Å². The van der Waals surface area contributed by atoms with E-state index in [9.17, 15) is 0 Å². The van der Waals surface area contributed by atoms with Gasteiger partial charge in [0.05, 0.1) is 5.69 Å². The van der Waals surface area contributed by atoms with E-state index in [1.165, 1.54) is 44.0 Å². The van der Waals surface area contributed by atoms with Gasteiger partial charge in [-0.1, -0.05) is 186 Å². The molecule has 0 aliphatic carbocycles. The monoisotopic (exact) mass is 1070 g/mol. The predicted octanol–water partition coefficient (Wildman–Crippen LogP) is 13.2. The minimum atomic E-state index is -0.221. The van der Waals surface area contributed by atoms with Crippen LogP contribution in [0.4, 0.5) is 68.2 Å². The van der Waals surface area contributed by atoms with Crippen LogP contribution in [0, 0.1) is 20.8 Å². The standard InChI is InChI=1S/C75H53B3N4O2/c1-48-41-49(2)71(50(3)42-48)78-58-36-20-23-39-63(58)81(54-31-15-7-16-32-54)67-47-70-74-75(73(67)78)84-68-40-24-21-37-59(68)77(74)61-45-60-64(46-69(61)83-70)82(55-33-17-8-18-34-55)66-44-56(79(51-25-9-4-10-26-51)52-27-11-5-12-28-52)43-65-72(66)76(60)57-35-19-22-38-62(57)80(65)53-29-13-6-14-30-53/h4-47H,1-3H3. The molecule has 0 fully saturated rings. The fourth-order valence-corrected chi connectivity index (χ4v) is 14.9. The van der Waals surface area contributed by atoms with Crippen molar-refractivity contribution < 1.29 is 9.47 Å². The topological polar surface area (TPSA) is 31.4 Å². The number of ether oxygens (including phenoxy) is 2. The molecular formula is C75H53B3N4O2. The summed E-state index contributed by atoms with van der Waals surface area (Å²) in [7, 11) is 0. The van der Waals surface area contributed by atoms with Crippen molar-refractivity contribution >= 4 is 138 Å². The highest BCUT2D eigenvalue weighted by molar-refractivity contribution is 7.03. The smallest absolute Gasteiger partial charge is 0.260 e. The van der Waals surface area contributed by atoms with Crippen molar-refractivity contribution in [1.82, 2.24) is 0 Å². The van der Waals surface area contributed by atoms with Gasteiger partial charge in [0.1, 0.15) is 23.0 Å². The van der Waals surface area contributed by atoms with Crippen molar-refractivity contribution in [2.75, 3.05) is 19.6 Å². The zero-order chi connectivity index (χ0) is 55.7. The van der Waals surface area contributed by atoms with E-state index in [2.05, 4.69) is 307 Å². The number of benzene rings is 12. The van der Waals surface area contributed by atoms with E-state index in [0.29, 0.717) is 0 Å². The summed E-state index contributed by atoms with van der Waals surface area (Å²) in [6, 6.07) is 97.5. The van der Waals surface area contributed by atoms with Gasteiger partial charge >= 0.3 is 0 Å². The molecule has 0 atom stereocenters. The molecule has 84 heavy (non-hydrogen) atoms. The highest BCUT2D eigenvalue weighted by Gasteiger charge is 2.50. The molecule has 6 nitrogen and oxygen atoms in total. The first-order valence-electron chi connectivity index (χ1n) is 29.2. The van der Waals surface area contributed by atoms with Gasteiger partial charge < -0.3 is 29.1 Å². The van der Waals surface area contributed by atoms with Crippen LogP contribution in [-0.4, -0.2) is 20.1 Å². The van der Waals surface area contributed by atoms with Gasteiger partial charge in [-0.2, -0.15) is 0 Å². The molecule has 12 aromatic rings. The fourth-order valence-electron chi connectivity index (χ4n) is 14.9. The molecule has 9 heteroatoms. The third-order valence-corrected chi connectivity index (χ3v) is 18.0. The Labute approximate surface area is 491 Å². The molecule has 12 aromatic carbocycles. The van der Waals surface area contributed by atoms with Crippen molar-refractivity contribution in [2.45, 2.75) is 20.8 Å². The molecule has 0 N–H and O–H groups in total. The Kier molecular flexibility index (Phi) is 10.8. The van der Waals surface area contributed by atoms with E-state index >= 15 is 0 Å². The van der Waals surface area contributed by atoms with Gasteiger partial charge in [0.2, 0.25) is 0 Å². The largest absolute Gasteiger partial charge is 0.459 e. The Bertz CT molecular complexity index is 4580. The summed E-state index contributed by atoms with van der Waals surface area (Å²) in [5.41, 5.74) is 27.5. The van der Waals surface area contributed by atoms with Crippen LogP contribution in [0.15, 0.2) is 267 Å². The predicted molar refractivity (Wildman–Crippen MR) is 353 cm³/mol. The zero-order valence-corrected chi connectivity index (χ0v) is 46.7. The molecule has 5 aliphatic heterocycles. The van der Waals surface area contributed by atoms with Crippen molar-refractivity contribution in [3.05, 3.63) is 284 Å². The quantitative estimate of drug-likeness (QED) is 0.148. The first-order valence-corrected chi connectivity index (χ1v) is 29.2. The molecule has 0 saturated carbocycles. The maximum absolute atomic E-state index is 7.70. The number of para-hydroxylation sites is 8. The van der Waals surface area contributed by atoms with Gasteiger partial charge in [0.15, 0.2) is 0 Å². The summed E-state index contributed by atoms with van der Waals surface area (Å²) in [6.07, 6.45) is 0. The highest BCUT2D eigenvalue weighted by Crippen LogP contribution is 2.50.